The maximum Gasteiger partial charge on any atom is 0.225 e. The average molecular weight is 311 g/mol. The summed E-state index contributed by atoms with van der Waals surface area (Å²) in [7, 11) is 0. The Bertz CT molecular complexity index is 499. The fourth-order valence-corrected chi connectivity index (χ4v) is 3.12. The van der Waals surface area contributed by atoms with Crippen LogP contribution in [0.2, 0.25) is 5.02 Å². The number of hydrogen-bond donors (Lipinski definition) is 2. The zero-order chi connectivity index (χ0) is 15.5. The molecule has 1 fully saturated rings. The molecule has 1 amide bonds. The Kier molecular flexibility index (Phi) is 5.25. The van der Waals surface area contributed by atoms with E-state index in [-0.39, 0.29) is 11.9 Å². The van der Waals surface area contributed by atoms with Crippen LogP contribution in [0.5, 0.6) is 0 Å². The van der Waals surface area contributed by atoms with Gasteiger partial charge in [0.15, 0.2) is 0 Å². The van der Waals surface area contributed by atoms with Crippen LogP contribution in [-0.4, -0.2) is 40.6 Å². The molecule has 0 spiro atoms. The Labute approximate surface area is 131 Å². The Morgan fingerprint density at radius 1 is 1.52 bits per heavy atom. The minimum Gasteiger partial charge on any atom is -0.389 e. The second kappa shape index (κ2) is 6.77. The number of anilines is 1. The average Bonchev–Trinajstić information content (AvgIpc) is 2.84. The van der Waals surface area contributed by atoms with Crippen molar-refractivity contribution in [3.05, 3.63) is 29.3 Å². The van der Waals surface area contributed by atoms with Crippen molar-refractivity contribution in [2.45, 2.75) is 44.8 Å². The molecule has 2 N–H and O–H groups in total. The van der Waals surface area contributed by atoms with Gasteiger partial charge in [-0.05, 0) is 51.4 Å². The van der Waals surface area contributed by atoms with Crippen molar-refractivity contribution in [3.63, 3.8) is 0 Å². The number of rotatable bonds is 5. The number of halogens is 1. The quantitative estimate of drug-likeness (QED) is 0.879. The fraction of sp³-hybridized carbons (Fsp3) is 0.562. The first-order chi connectivity index (χ1) is 9.86. The molecular formula is C16H23ClN2O2. The van der Waals surface area contributed by atoms with Crippen molar-refractivity contribution in [2.75, 3.05) is 18.4 Å². The molecule has 0 bridgehead atoms. The third-order valence-electron chi connectivity index (χ3n) is 3.91. The standard InChI is InChI=1S/C16H23ClN2O2/c1-16(2,21)14-7-4-9-19(14)10-8-15(20)18-13-6-3-5-12(17)11-13/h3,5-6,11,14,21H,4,7-10H2,1-2H3,(H,18,20). The number of benzene rings is 1. The van der Waals surface area contributed by atoms with Gasteiger partial charge in [-0.1, -0.05) is 17.7 Å². The summed E-state index contributed by atoms with van der Waals surface area (Å²) in [5.41, 5.74) is -0.00659. The SMILES string of the molecule is CC(C)(O)C1CCCN1CCC(=O)Nc1cccc(Cl)c1. The molecule has 5 heteroatoms. The summed E-state index contributed by atoms with van der Waals surface area (Å²) in [5.74, 6) is -0.0290. The molecule has 1 aromatic carbocycles. The smallest absolute Gasteiger partial charge is 0.225 e. The highest BCUT2D eigenvalue weighted by molar-refractivity contribution is 6.30. The van der Waals surface area contributed by atoms with E-state index in [0.717, 1.165) is 19.4 Å². The first-order valence-electron chi connectivity index (χ1n) is 7.38. The minimum absolute atomic E-state index is 0.0290. The summed E-state index contributed by atoms with van der Waals surface area (Å²) in [6.45, 7) is 5.28. The molecule has 1 heterocycles. The van der Waals surface area contributed by atoms with E-state index in [4.69, 9.17) is 11.6 Å². The molecule has 1 aliphatic heterocycles. The summed E-state index contributed by atoms with van der Waals surface area (Å²) in [5, 5.41) is 13.6. The van der Waals surface area contributed by atoms with Gasteiger partial charge in [-0.25, -0.2) is 0 Å². The molecule has 2 rings (SSSR count). The lowest BCUT2D eigenvalue weighted by Crippen LogP contribution is -2.46. The molecule has 0 aromatic heterocycles. The third-order valence-corrected chi connectivity index (χ3v) is 4.15. The number of carbonyl (C=O) groups excluding carboxylic acids is 1. The number of hydrogen-bond acceptors (Lipinski definition) is 3. The van der Waals surface area contributed by atoms with Gasteiger partial charge >= 0.3 is 0 Å². The number of amides is 1. The van der Waals surface area contributed by atoms with Crippen LogP contribution in [0.15, 0.2) is 24.3 Å². The van der Waals surface area contributed by atoms with E-state index in [0.29, 0.717) is 23.7 Å². The summed E-state index contributed by atoms with van der Waals surface area (Å²) in [4.78, 5) is 14.2. The maximum atomic E-state index is 12.0. The molecule has 0 radical (unpaired) electrons. The lowest BCUT2D eigenvalue weighted by atomic mass is 9.96. The predicted molar refractivity (Wildman–Crippen MR) is 85.6 cm³/mol. The molecule has 1 saturated heterocycles. The Morgan fingerprint density at radius 3 is 2.95 bits per heavy atom. The lowest BCUT2D eigenvalue weighted by Gasteiger charge is -2.33. The minimum atomic E-state index is -0.722. The highest BCUT2D eigenvalue weighted by Gasteiger charge is 2.35. The summed E-state index contributed by atoms with van der Waals surface area (Å²) >= 11 is 5.89. The summed E-state index contributed by atoms with van der Waals surface area (Å²) in [6.07, 6.45) is 2.48. The number of aliphatic hydroxyl groups is 1. The highest BCUT2D eigenvalue weighted by Crippen LogP contribution is 2.26. The van der Waals surface area contributed by atoms with E-state index in [1.807, 2.05) is 26.0 Å². The van der Waals surface area contributed by atoms with Gasteiger partial charge in [-0.15, -0.1) is 0 Å². The number of nitrogens with one attached hydrogen (secondary N) is 1. The topological polar surface area (TPSA) is 52.6 Å². The first kappa shape index (κ1) is 16.3. The van der Waals surface area contributed by atoms with E-state index in [9.17, 15) is 9.90 Å². The highest BCUT2D eigenvalue weighted by atomic mass is 35.5. The maximum absolute atomic E-state index is 12.0. The number of likely N-dealkylation sites (tertiary alicyclic amines) is 1. The Hall–Kier alpha value is -1.10. The fourth-order valence-electron chi connectivity index (χ4n) is 2.93. The molecule has 1 atom stereocenters. The van der Waals surface area contributed by atoms with Crippen molar-refractivity contribution in [3.8, 4) is 0 Å². The van der Waals surface area contributed by atoms with Crippen molar-refractivity contribution in [1.82, 2.24) is 4.90 Å². The number of nitrogens with zero attached hydrogens (tertiary/aromatic N) is 1. The van der Waals surface area contributed by atoms with Gasteiger partial charge in [0.05, 0.1) is 5.60 Å². The monoisotopic (exact) mass is 310 g/mol. The molecule has 1 aromatic rings. The van der Waals surface area contributed by atoms with Crippen LogP contribution >= 0.6 is 11.6 Å². The molecule has 116 valence electrons. The Morgan fingerprint density at radius 2 is 2.29 bits per heavy atom. The molecular weight excluding hydrogens is 288 g/mol. The van der Waals surface area contributed by atoms with Gasteiger partial charge in [-0.2, -0.15) is 0 Å². The number of carbonyl (C=O) groups is 1. The van der Waals surface area contributed by atoms with Crippen molar-refractivity contribution < 1.29 is 9.90 Å². The molecule has 1 aliphatic rings. The zero-order valence-corrected chi connectivity index (χ0v) is 13.4. The van der Waals surface area contributed by atoms with Gasteiger partial charge in [-0.3, -0.25) is 9.69 Å². The van der Waals surface area contributed by atoms with E-state index in [1.54, 1.807) is 12.1 Å². The second-order valence-corrected chi connectivity index (χ2v) is 6.59. The van der Waals surface area contributed by atoms with E-state index in [1.165, 1.54) is 0 Å². The van der Waals surface area contributed by atoms with Gasteiger partial charge in [0.25, 0.3) is 0 Å². The van der Waals surface area contributed by atoms with Crippen molar-refractivity contribution in [2.24, 2.45) is 0 Å². The largest absolute Gasteiger partial charge is 0.389 e. The summed E-state index contributed by atoms with van der Waals surface area (Å²) in [6, 6.07) is 7.27. The second-order valence-electron chi connectivity index (χ2n) is 6.16. The van der Waals surface area contributed by atoms with Crippen LogP contribution in [0.3, 0.4) is 0 Å². The molecule has 0 aliphatic carbocycles. The van der Waals surface area contributed by atoms with Crippen LogP contribution in [0.4, 0.5) is 5.69 Å². The van der Waals surface area contributed by atoms with Gasteiger partial charge in [0.2, 0.25) is 5.91 Å². The van der Waals surface area contributed by atoms with Crippen LogP contribution in [0.1, 0.15) is 33.1 Å². The van der Waals surface area contributed by atoms with E-state index >= 15 is 0 Å². The van der Waals surface area contributed by atoms with Crippen LogP contribution in [0.25, 0.3) is 0 Å². The van der Waals surface area contributed by atoms with Gasteiger partial charge in [0, 0.05) is 29.7 Å². The van der Waals surface area contributed by atoms with Gasteiger partial charge < -0.3 is 10.4 Å². The zero-order valence-electron chi connectivity index (χ0n) is 12.6. The Balaban J connectivity index is 1.84. The van der Waals surface area contributed by atoms with Crippen molar-refractivity contribution >= 4 is 23.2 Å². The van der Waals surface area contributed by atoms with Crippen LogP contribution in [-0.2, 0) is 4.79 Å². The van der Waals surface area contributed by atoms with Crippen molar-refractivity contribution in [1.29, 1.82) is 0 Å². The van der Waals surface area contributed by atoms with E-state index in [2.05, 4.69) is 10.2 Å². The molecule has 21 heavy (non-hydrogen) atoms. The normalized spacial score (nSPS) is 19.7. The van der Waals surface area contributed by atoms with Gasteiger partial charge in [0.1, 0.15) is 0 Å². The molecule has 1 unspecified atom stereocenters. The third kappa shape index (κ3) is 4.70. The van der Waals surface area contributed by atoms with E-state index < -0.39 is 5.60 Å². The molecule has 0 saturated carbocycles. The summed E-state index contributed by atoms with van der Waals surface area (Å²) < 4.78 is 0. The van der Waals surface area contributed by atoms with Crippen LogP contribution < -0.4 is 5.32 Å². The lowest BCUT2D eigenvalue weighted by molar-refractivity contribution is -0.116. The first-order valence-corrected chi connectivity index (χ1v) is 7.76. The predicted octanol–water partition coefficient (Wildman–Crippen LogP) is 2.90. The van der Waals surface area contributed by atoms with Crippen LogP contribution in [0, 0.1) is 0 Å². The molecule has 4 nitrogen and oxygen atoms in total.